The van der Waals surface area contributed by atoms with Crippen molar-refractivity contribution < 1.29 is 4.79 Å². The molecule has 4 nitrogen and oxygen atoms in total. The van der Waals surface area contributed by atoms with Crippen LogP contribution in [-0.2, 0) is 4.79 Å². The van der Waals surface area contributed by atoms with Crippen LogP contribution in [0.2, 0.25) is 0 Å². The zero-order valence-corrected chi connectivity index (χ0v) is 7.66. The van der Waals surface area contributed by atoms with Crippen LogP contribution in [0.3, 0.4) is 0 Å². The molecular weight excluding hydrogens is 178 g/mol. The molecule has 0 aromatic rings. The summed E-state index contributed by atoms with van der Waals surface area (Å²) in [6, 6.07) is 0. The SMILES string of the molecule is O=C(NC1=NNC2=CC=CC21)C1CC1. The number of nitrogens with zero attached hydrogens (tertiary/aromatic N) is 1. The summed E-state index contributed by atoms with van der Waals surface area (Å²) in [7, 11) is 0. The quantitative estimate of drug-likeness (QED) is 0.631. The molecule has 1 amide bonds. The largest absolute Gasteiger partial charge is 0.312 e. The normalized spacial score (nSPS) is 27.9. The third-order valence-corrected chi connectivity index (χ3v) is 2.71. The van der Waals surface area contributed by atoms with Crippen molar-refractivity contribution in [2.45, 2.75) is 12.8 Å². The molecule has 0 spiro atoms. The van der Waals surface area contributed by atoms with Crippen molar-refractivity contribution in [2.24, 2.45) is 16.9 Å². The van der Waals surface area contributed by atoms with E-state index in [2.05, 4.69) is 15.8 Å². The molecule has 0 radical (unpaired) electrons. The molecular formula is C10H11N3O. The lowest BCUT2D eigenvalue weighted by molar-refractivity contribution is -0.120. The summed E-state index contributed by atoms with van der Waals surface area (Å²) in [5, 5.41) is 6.95. The van der Waals surface area contributed by atoms with Crippen LogP contribution < -0.4 is 10.7 Å². The molecule has 1 fully saturated rings. The van der Waals surface area contributed by atoms with Crippen LogP contribution in [0.15, 0.2) is 29.0 Å². The number of rotatable bonds is 1. The number of hydrazone groups is 1. The third-order valence-electron chi connectivity index (χ3n) is 2.71. The molecule has 1 aliphatic heterocycles. The first-order valence-electron chi connectivity index (χ1n) is 4.87. The highest BCUT2D eigenvalue weighted by Crippen LogP contribution is 2.29. The van der Waals surface area contributed by atoms with Gasteiger partial charge in [0.2, 0.25) is 5.91 Å². The van der Waals surface area contributed by atoms with Gasteiger partial charge in [0.05, 0.1) is 5.92 Å². The van der Waals surface area contributed by atoms with Gasteiger partial charge in [0.15, 0.2) is 0 Å². The fraction of sp³-hybridized carbons (Fsp3) is 0.400. The molecule has 2 aliphatic carbocycles. The van der Waals surface area contributed by atoms with E-state index >= 15 is 0 Å². The van der Waals surface area contributed by atoms with Gasteiger partial charge in [0, 0.05) is 11.6 Å². The molecule has 3 rings (SSSR count). The second-order valence-electron chi connectivity index (χ2n) is 3.86. The number of hydrogen-bond donors (Lipinski definition) is 2. The van der Waals surface area contributed by atoms with E-state index in [1.165, 1.54) is 0 Å². The Hall–Kier alpha value is -1.58. The Labute approximate surface area is 81.8 Å². The predicted octanol–water partition coefficient (Wildman–Crippen LogP) is 0.499. The highest BCUT2D eigenvalue weighted by atomic mass is 16.2. The van der Waals surface area contributed by atoms with E-state index in [4.69, 9.17) is 0 Å². The minimum Gasteiger partial charge on any atom is -0.312 e. The number of allylic oxidation sites excluding steroid dienone is 2. The molecule has 1 atom stereocenters. The van der Waals surface area contributed by atoms with Crippen LogP contribution in [0, 0.1) is 11.8 Å². The van der Waals surface area contributed by atoms with E-state index in [9.17, 15) is 4.79 Å². The molecule has 0 saturated heterocycles. The molecule has 4 heteroatoms. The van der Waals surface area contributed by atoms with Crippen molar-refractivity contribution >= 4 is 11.7 Å². The lowest BCUT2D eigenvalue weighted by Gasteiger charge is -2.06. The summed E-state index contributed by atoms with van der Waals surface area (Å²) >= 11 is 0. The maximum atomic E-state index is 11.5. The number of nitrogens with one attached hydrogen (secondary N) is 2. The molecule has 2 N–H and O–H groups in total. The summed E-state index contributed by atoms with van der Waals surface area (Å²) in [5.74, 6) is 1.24. The minimum atomic E-state index is 0.118. The Morgan fingerprint density at radius 1 is 1.57 bits per heavy atom. The molecule has 14 heavy (non-hydrogen) atoms. The molecule has 1 unspecified atom stereocenters. The van der Waals surface area contributed by atoms with Gasteiger partial charge >= 0.3 is 0 Å². The molecule has 0 bridgehead atoms. The van der Waals surface area contributed by atoms with Gasteiger partial charge in [0.25, 0.3) is 0 Å². The molecule has 0 aromatic carbocycles. The van der Waals surface area contributed by atoms with Crippen molar-refractivity contribution in [3.8, 4) is 0 Å². The van der Waals surface area contributed by atoms with Crippen molar-refractivity contribution in [2.75, 3.05) is 0 Å². The van der Waals surface area contributed by atoms with E-state index in [-0.39, 0.29) is 17.7 Å². The van der Waals surface area contributed by atoms with E-state index in [0.29, 0.717) is 0 Å². The lowest BCUT2D eigenvalue weighted by Crippen LogP contribution is -2.34. The smallest absolute Gasteiger partial charge is 0.228 e. The Morgan fingerprint density at radius 3 is 3.21 bits per heavy atom. The standard InChI is InChI=1S/C10H11N3O/c14-10(6-4-5-6)11-9-7-2-1-3-8(7)12-13-9/h1-3,6-7,12H,4-5H2,(H,11,13,14). The summed E-state index contributed by atoms with van der Waals surface area (Å²) in [5.41, 5.74) is 3.96. The second-order valence-corrected chi connectivity index (χ2v) is 3.86. The van der Waals surface area contributed by atoms with Crippen LogP contribution in [0.5, 0.6) is 0 Å². The summed E-state index contributed by atoms with van der Waals surface area (Å²) in [4.78, 5) is 11.5. The van der Waals surface area contributed by atoms with E-state index in [1.54, 1.807) is 0 Å². The number of amides is 1. The Bertz CT molecular complexity index is 377. The molecule has 72 valence electrons. The summed E-state index contributed by atoms with van der Waals surface area (Å²) in [6.07, 6.45) is 8.03. The first-order chi connectivity index (χ1) is 6.84. The maximum Gasteiger partial charge on any atom is 0.228 e. The summed E-state index contributed by atoms with van der Waals surface area (Å²) in [6.45, 7) is 0. The monoisotopic (exact) mass is 189 g/mol. The van der Waals surface area contributed by atoms with Crippen LogP contribution in [0.1, 0.15) is 12.8 Å². The van der Waals surface area contributed by atoms with Crippen molar-refractivity contribution in [1.29, 1.82) is 0 Å². The van der Waals surface area contributed by atoms with Crippen LogP contribution in [0.4, 0.5) is 0 Å². The van der Waals surface area contributed by atoms with Crippen molar-refractivity contribution in [3.05, 3.63) is 23.9 Å². The van der Waals surface area contributed by atoms with Gasteiger partial charge in [-0.15, -0.1) is 0 Å². The van der Waals surface area contributed by atoms with E-state index < -0.39 is 0 Å². The van der Waals surface area contributed by atoms with Gasteiger partial charge in [-0.1, -0.05) is 12.2 Å². The fourth-order valence-electron chi connectivity index (χ4n) is 1.70. The minimum absolute atomic E-state index is 0.118. The number of carbonyl (C=O) groups excluding carboxylic acids is 1. The van der Waals surface area contributed by atoms with Gasteiger partial charge < -0.3 is 5.32 Å². The van der Waals surface area contributed by atoms with Crippen molar-refractivity contribution in [1.82, 2.24) is 10.7 Å². The number of fused-ring (bicyclic) bond motifs is 1. The van der Waals surface area contributed by atoms with Gasteiger partial charge in [-0.3, -0.25) is 10.2 Å². The zero-order valence-electron chi connectivity index (χ0n) is 7.66. The highest BCUT2D eigenvalue weighted by molar-refractivity contribution is 6.03. The molecule has 3 aliphatic rings. The predicted molar refractivity (Wildman–Crippen MR) is 52.2 cm³/mol. The van der Waals surface area contributed by atoms with Crippen LogP contribution in [-0.4, -0.2) is 11.7 Å². The van der Waals surface area contributed by atoms with Crippen LogP contribution in [0.25, 0.3) is 0 Å². The van der Waals surface area contributed by atoms with Gasteiger partial charge in [-0.2, -0.15) is 5.10 Å². The van der Waals surface area contributed by atoms with Crippen LogP contribution >= 0.6 is 0 Å². The van der Waals surface area contributed by atoms with Gasteiger partial charge in [-0.25, -0.2) is 0 Å². The number of carbonyl (C=O) groups is 1. The zero-order chi connectivity index (χ0) is 9.54. The molecule has 0 aromatic heterocycles. The highest BCUT2D eigenvalue weighted by Gasteiger charge is 2.33. The van der Waals surface area contributed by atoms with E-state index in [0.717, 1.165) is 24.4 Å². The lowest BCUT2D eigenvalue weighted by atomic mass is 10.1. The topological polar surface area (TPSA) is 53.5 Å². The fourth-order valence-corrected chi connectivity index (χ4v) is 1.70. The summed E-state index contributed by atoms with van der Waals surface area (Å²) < 4.78 is 0. The molecule has 1 heterocycles. The molecule has 1 saturated carbocycles. The average molecular weight is 189 g/mol. The second kappa shape index (κ2) is 2.70. The maximum absolute atomic E-state index is 11.5. The van der Waals surface area contributed by atoms with Crippen molar-refractivity contribution in [3.63, 3.8) is 0 Å². The number of hydrogen-bond acceptors (Lipinski definition) is 3. The number of amidine groups is 1. The van der Waals surface area contributed by atoms with Gasteiger partial charge in [0.1, 0.15) is 5.84 Å². The Balaban J connectivity index is 1.71. The Kier molecular flexibility index (Phi) is 1.50. The third kappa shape index (κ3) is 1.14. The Morgan fingerprint density at radius 2 is 2.43 bits per heavy atom. The first kappa shape index (κ1) is 7.79. The average Bonchev–Trinajstić information content (AvgIpc) is 2.81. The first-order valence-corrected chi connectivity index (χ1v) is 4.87. The van der Waals surface area contributed by atoms with Gasteiger partial charge in [-0.05, 0) is 18.9 Å². The van der Waals surface area contributed by atoms with E-state index in [1.807, 2.05) is 18.2 Å².